The van der Waals surface area contributed by atoms with E-state index in [4.69, 9.17) is 9.40 Å². The number of oxazole rings is 1. The van der Waals surface area contributed by atoms with Gasteiger partial charge in [-0.2, -0.15) is 4.37 Å². The molecule has 3 fully saturated rings. The summed E-state index contributed by atoms with van der Waals surface area (Å²) in [5.74, 6) is 2.25. The Bertz CT molecular complexity index is 785. The van der Waals surface area contributed by atoms with Gasteiger partial charge in [0.25, 0.3) is 5.91 Å². The number of aromatic nitrogens is 3. The van der Waals surface area contributed by atoms with E-state index in [0.717, 1.165) is 30.3 Å². The summed E-state index contributed by atoms with van der Waals surface area (Å²) < 4.78 is 9.80. The Hall–Kier alpha value is -1.96. The van der Waals surface area contributed by atoms with Crippen molar-refractivity contribution in [1.29, 1.82) is 0 Å². The lowest BCUT2D eigenvalue weighted by atomic mass is 9.69. The van der Waals surface area contributed by atoms with E-state index in [9.17, 15) is 4.79 Å². The van der Waals surface area contributed by atoms with Gasteiger partial charge in [0.1, 0.15) is 5.82 Å². The number of rotatable bonds is 4. The number of hydrogen-bond donors (Lipinski definition) is 1. The van der Waals surface area contributed by atoms with Gasteiger partial charge in [-0.05, 0) is 25.7 Å². The molecule has 0 bridgehead atoms. The number of nitrogens with one attached hydrogen (secondary N) is 1. The van der Waals surface area contributed by atoms with Gasteiger partial charge in [0.05, 0.1) is 11.7 Å². The normalized spacial score (nSPS) is 28.6. The van der Waals surface area contributed by atoms with E-state index in [0.29, 0.717) is 24.1 Å². The standard InChI is InChI=1S/C18H23N5O2S/c24-16(14-8-19-11-25-14)23-9-13-6-7-18(13,10-23)21-17-20-15(22-26-17)12-4-2-1-3-5-12/h8,11-13H,1-7,9-10H2,(H,20,21,22). The first kappa shape index (κ1) is 16.2. The average molecular weight is 373 g/mol. The molecule has 2 atom stereocenters. The molecule has 3 heterocycles. The third-order valence-corrected chi connectivity index (χ3v) is 6.98. The maximum absolute atomic E-state index is 12.6. The van der Waals surface area contributed by atoms with Crippen LogP contribution < -0.4 is 5.32 Å². The number of fused-ring (bicyclic) bond motifs is 1. The van der Waals surface area contributed by atoms with Gasteiger partial charge in [0.15, 0.2) is 6.39 Å². The fourth-order valence-electron chi connectivity index (χ4n) is 4.70. The van der Waals surface area contributed by atoms with Crippen molar-refractivity contribution < 1.29 is 9.21 Å². The molecule has 138 valence electrons. The minimum Gasteiger partial charge on any atom is -0.438 e. The van der Waals surface area contributed by atoms with Gasteiger partial charge in [0.2, 0.25) is 10.9 Å². The number of hydrogen-bond acceptors (Lipinski definition) is 7. The molecule has 1 amide bonds. The van der Waals surface area contributed by atoms with Crippen LogP contribution >= 0.6 is 11.5 Å². The average Bonchev–Trinajstić information content (AvgIpc) is 3.39. The molecule has 1 aliphatic heterocycles. The van der Waals surface area contributed by atoms with Crippen molar-refractivity contribution in [3.8, 4) is 0 Å². The molecule has 2 aromatic heterocycles. The monoisotopic (exact) mass is 373 g/mol. The molecule has 5 rings (SSSR count). The van der Waals surface area contributed by atoms with Crippen LogP contribution in [0.5, 0.6) is 0 Å². The lowest BCUT2D eigenvalue weighted by Crippen LogP contribution is -2.53. The summed E-state index contributed by atoms with van der Waals surface area (Å²) in [4.78, 5) is 23.1. The van der Waals surface area contributed by atoms with Crippen molar-refractivity contribution in [3.63, 3.8) is 0 Å². The number of carbonyl (C=O) groups excluding carboxylic acids is 1. The molecule has 1 N–H and O–H groups in total. The maximum atomic E-state index is 12.6. The largest absolute Gasteiger partial charge is 0.438 e. The second-order valence-corrected chi connectivity index (χ2v) is 8.61. The molecular weight excluding hydrogens is 350 g/mol. The highest BCUT2D eigenvalue weighted by Gasteiger charge is 2.55. The summed E-state index contributed by atoms with van der Waals surface area (Å²) in [6, 6.07) is 0. The van der Waals surface area contributed by atoms with Gasteiger partial charge < -0.3 is 14.6 Å². The first-order chi connectivity index (χ1) is 12.7. The van der Waals surface area contributed by atoms with Gasteiger partial charge in [-0.3, -0.25) is 4.79 Å². The van der Waals surface area contributed by atoms with Gasteiger partial charge >= 0.3 is 0 Å². The molecule has 2 aliphatic carbocycles. The third kappa shape index (κ3) is 2.71. The summed E-state index contributed by atoms with van der Waals surface area (Å²) in [5.41, 5.74) is -0.0565. The van der Waals surface area contributed by atoms with Crippen LogP contribution in [0.1, 0.15) is 67.2 Å². The number of anilines is 1. The predicted molar refractivity (Wildman–Crippen MR) is 97.2 cm³/mol. The predicted octanol–water partition coefficient (Wildman–Crippen LogP) is 3.29. The van der Waals surface area contributed by atoms with E-state index >= 15 is 0 Å². The van der Waals surface area contributed by atoms with Crippen molar-refractivity contribution >= 4 is 22.6 Å². The highest BCUT2D eigenvalue weighted by atomic mass is 32.1. The first-order valence-electron chi connectivity index (χ1n) is 9.53. The van der Waals surface area contributed by atoms with Crippen LogP contribution in [0.3, 0.4) is 0 Å². The lowest BCUT2D eigenvalue weighted by molar-refractivity contribution is 0.0754. The minimum absolute atomic E-state index is 0.0565. The first-order valence-corrected chi connectivity index (χ1v) is 10.3. The topological polar surface area (TPSA) is 84.2 Å². The van der Waals surface area contributed by atoms with Crippen molar-refractivity contribution in [2.24, 2.45) is 5.92 Å². The highest BCUT2D eigenvalue weighted by molar-refractivity contribution is 7.09. The highest BCUT2D eigenvalue weighted by Crippen LogP contribution is 2.47. The van der Waals surface area contributed by atoms with E-state index in [2.05, 4.69) is 14.7 Å². The van der Waals surface area contributed by atoms with E-state index in [1.54, 1.807) is 0 Å². The number of carbonyl (C=O) groups is 1. The molecule has 0 aromatic carbocycles. The Morgan fingerprint density at radius 1 is 1.31 bits per heavy atom. The molecule has 1 saturated heterocycles. The molecule has 2 saturated carbocycles. The fraction of sp³-hybridized carbons (Fsp3) is 0.667. The molecular formula is C18H23N5O2S. The Labute approximate surface area is 156 Å². The second-order valence-electron chi connectivity index (χ2n) is 7.86. The van der Waals surface area contributed by atoms with Crippen molar-refractivity contribution in [2.75, 3.05) is 18.4 Å². The Kier molecular flexibility index (Phi) is 3.95. The van der Waals surface area contributed by atoms with Gasteiger partial charge in [-0.25, -0.2) is 9.97 Å². The molecule has 7 nitrogen and oxygen atoms in total. The van der Waals surface area contributed by atoms with Gasteiger partial charge in [-0.15, -0.1) is 0 Å². The SMILES string of the molecule is O=C(c1cnco1)N1CC2CCC2(Nc2nc(C3CCCCC3)ns2)C1. The zero-order valence-corrected chi connectivity index (χ0v) is 15.5. The van der Waals surface area contributed by atoms with Crippen LogP contribution in [0.2, 0.25) is 0 Å². The maximum Gasteiger partial charge on any atom is 0.291 e. The third-order valence-electron chi connectivity index (χ3n) is 6.33. The summed E-state index contributed by atoms with van der Waals surface area (Å²) in [5, 5.41) is 4.55. The molecule has 0 spiro atoms. The number of amides is 1. The minimum atomic E-state index is -0.0711. The zero-order chi connectivity index (χ0) is 17.6. The lowest BCUT2D eigenvalue weighted by Gasteiger charge is -2.44. The van der Waals surface area contributed by atoms with E-state index in [-0.39, 0.29) is 11.4 Å². The summed E-state index contributed by atoms with van der Waals surface area (Å²) in [6.07, 6.45) is 11.3. The Balaban J connectivity index is 1.28. The molecule has 3 aliphatic rings. The zero-order valence-electron chi connectivity index (χ0n) is 14.7. The Morgan fingerprint density at radius 3 is 2.92 bits per heavy atom. The molecule has 26 heavy (non-hydrogen) atoms. The molecule has 2 aromatic rings. The summed E-state index contributed by atoms with van der Waals surface area (Å²) in [6.45, 7) is 1.45. The van der Waals surface area contributed by atoms with Crippen LogP contribution in [-0.2, 0) is 0 Å². The van der Waals surface area contributed by atoms with Gasteiger partial charge in [-0.1, -0.05) is 19.3 Å². The van der Waals surface area contributed by atoms with Crippen molar-refractivity contribution in [1.82, 2.24) is 19.2 Å². The van der Waals surface area contributed by atoms with Crippen LogP contribution in [0.25, 0.3) is 0 Å². The van der Waals surface area contributed by atoms with Crippen molar-refractivity contribution in [2.45, 2.75) is 56.4 Å². The molecule has 0 radical (unpaired) electrons. The smallest absolute Gasteiger partial charge is 0.291 e. The number of likely N-dealkylation sites (tertiary alicyclic amines) is 1. The second kappa shape index (κ2) is 6.33. The van der Waals surface area contributed by atoms with Crippen molar-refractivity contribution in [3.05, 3.63) is 24.2 Å². The van der Waals surface area contributed by atoms with E-state index in [1.807, 2.05) is 4.90 Å². The number of nitrogens with zero attached hydrogens (tertiary/aromatic N) is 4. The fourth-order valence-corrected chi connectivity index (χ4v) is 5.46. The van der Waals surface area contributed by atoms with Crippen LogP contribution in [0.15, 0.2) is 17.0 Å². The van der Waals surface area contributed by atoms with Gasteiger partial charge in [0, 0.05) is 36.5 Å². The Morgan fingerprint density at radius 2 is 2.19 bits per heavy atom. The summed E-state index contributed by atoms with van der Waals surface area (Å²) in [7, 11) is 0. The van der Waals surface area contributed by atoms with Crippen LogP contribution in [0.4, 0.5) is 5.13 Å². The summed E-state index contributed by atoms with van der Waals surface area (Å²) >= 11 is 1.47. The van der Waals surface area contributed by atoms with E-state index in [1.165, 1.54) is 56.2 Å². The molecule has 8 heteroatoms. The van der Waals surface area contributed by atoms with Crippen LogP contribution in [-0.4, -0.2) is 43.8 Å². The van der Waals surface area contributed by atoms with Crippen LogP contribution in [0, 0.1) is 5.92 Å². The quantitative estimate of drug-likeness (QED) is 0.885. The van der Waals surface area contributed by atoms with E-state index < -0.39 is 0 Å². The molecule has 2 unspecified atom stereocenters.